The average Bonchev–Trinajstić information content (AvgIpc) is 3.06. The Balaban J connectivity index is 1.96. The van der Waals surface area contributed by atoms with E-state index in [0.717, 1.165) is 17.0 Å². The summed E-state index contributed by atoms with van der Waals surface area (Å²) in [6, 6.07) is 5.62. The van der Waals surface area contributed by atoms with E-state index >= 15 is 0 Å². The van der Waals surface area contributed by atoms with Crippen LogP contribution >= 0.6 is 0 Å². The van der Waals surface area contributed by atoms with Crippen LogP contribution in [0.4, 0.5) is 0 Å². The van der Waals surface area contributed by atoms with Crippen molar-refractivity contribution in [2.45, 2.75) is 26.7 Å². The Hall–Kier alpha value is -2.50. The molecule has 1 atom stereocenters. The van der Waals surface area contributed by atoms with E-state index in [1.165, 1.54) is 0 Å². The minimum absolute atomic E-state index is 0.00339. The van der Waals surface area contributed by atoms with Gasteiger partial charge in [-0.15, -0.1) is 0 Å². The quantitative estimate of drug-likeness (QED) is 0.739. The molecule has 0 amide bonds. The van der Waals surface area contributed by atoms with Crippen LogP contribution < -0.4 is 0 Å². The molecule has 3 aromatic heterocycles. The van der Waals surface area contributed by atoms with Crippen molar-refractivity contribution in [3.05, 3.63) is 47.2 Å². The standard InChI is InChI=1S/C15H17N5O/c1-9(13-10(2)18-20(4)11(13)3)15-17-14(19-21-15)12-7-5-6-8-16-12/h5-9H,1-4H3/t9-/m0/s1. The van der Waals surface area contributed by atoms with Gasteiger partial charge >= 0.3 is 0 Å². The fourth-order valence-corrected chi connectivity index (χ4v) is 2.55. The molecule has 6 nitrogen and oxygen atoms in total. The summed E-state index contributed by atoms with van der Waals surface area (Å²) in [5.41, 5.74) is 3.94. The van der Waals surface area contributed by atoms with Gasteiger partial charge in [-0.2, -0.15) is 10.1 Å². The highest BCUT2D eigenvalue weighted by atomic mass is 16.5. The molecular formula is C15H17N5O. The first-order valence-electron chi connectivity index (χ1n) is 6.83. The molecule has 0 saturated heterocycles. The molecule has 0 saturated carbocycles. The third kappa shape index (κ3) is 2.33. The molecule has 3 aromatic rings. The molecule has 21 heavy (non-hydrogen) atoms. The van der Waals surface area contributed by atoms with E-state index in [2.05, 4.69) is 20.2 Å². The van der Waals surface area contributed by atoms with Gasteiger partial charge in [0.1, 0.15) is 5.69 Å². The fourth-order valence-electron chi connectivity index (χ4n) is 2.55. The third-order valence-corrected chi connectivity index (χ3v) is 3.70. The molecule has 0 aliphatic rings. The number of pyridine rings is 1. The summed E-state index contributed by atoms with van der Waals surface area (Å²) in [6.45, 7) is 6.09. The molecule has 3 heterocycles. The summed E-state index contributed by atoms with van der Waals surface area (Å²) >= 11 is 0. The minimum Gasteiger partial charge on any atom is -0.338 e. The van der Waals surface area contributed by atoms with Gasteiger partial charge < -0.3 is 4.52 Å². The lowest BCUT2D eigenvalue weighted by Crippen LogP contribution is -2.01. The van der Waals surface area contributed by atoms with Crippen molar-refractivity contribution in [3.63, 3.8) is 0 Å². The second-order valence-corrected chi connectivity index (χ2v) is 5.10. The van der Waals surface area contributed by atoms with Gasteiger partial charge in [0.15, 0.2) is 0 Å². The Morgan fingerprint density at radius 1 is 1.24 bits per heavy atom. The van der Waals surface area contributed by atoms with Crippen molar-refractivity contribution in [2.75, 3.05) is 0 Å². The average molecular weight is 283 g/mol. The van der Waals surface area contributed by atoms with E-state index in [4.69, 9.17) is 4.52 Å². The van der Waals surface area contributed by atoms with Crippen LogP contribution in [0.5, 0.6) is 0 Å². The van der Waals surface area contributed by atoms with Gasteiger partial charge in [0.25, 0.3) is 0 Å². The molecule has 6 heteroatoms. The predicted octanol–water partition coefficient (Wildman–Crippen LogP) is 2.63. The van der Waals surface area contributed by atoms with Gasteiger partial charge in [0.2, 0.25) is 11.7 Å². The van der Waals surface area contributed by atoms with Crippen LogP contribution in [0.1, 0.15) is 35.7 Å². The lowest BCUT2D eigenvalue weighted by Gasteiger charge is -2.07. The molecule has 0 aliphatic carbocycles. The lowest BCUT2D eigenvalue weighted by atomic mass is 9.99. The van der Waals surface area contributed by atoms with Crippen molar-refractivity contribution >= 4 is 0 Å². The van der Waals surface area contributed by atoms with Crippen molar-refractivity contribution in [1.29, 1.82) is 0 Å². The van der Waals surface area contributed by atoms with Crippen LogP contribution in [0.3, 0.4) is 0 Å². The third-order valence-electron chi connectivity index (χ3n) is 3.70. The van der Waals surface area contributed by atoms with Gasteiger partial charge in [-0.25, -0.2) is 0 Å². The summed E-state index contributed by atoms with van der Waals surface area (Å²) in [5.74, 6) is 1.09. The number of rotatable bonds is 3. The van der Waals surface area contributed by atoms with E-state index in [9.17, 15) is 0 Å². The first-order valence-corrected chi connectivity index (χ1v) is 6.83. The van der Waals surface area contributed by atoms with Gasteiger partial charge in [-0.1, -0.05) is 11.2 Å². The maximum atomic E-state index is 5.42. The Kier molecular flexibility index (Phi) is 3.29. The molecule has 0 fully saturated rings. The highest BCUT2D eigenvalue weighted by Crippen LogP contribution is 2.29. The minimum atomic E-state index is 0.00339. The molecule has 0 N–H and O–H groups in total. The number of aromatic nitrogens is 5. The second-order valence-electron chi connectivity index (χ2n) is 5.10. The van der Waals surface area contributed by atoms with Crippen molar-refractivity contribution in [1.82, 2.24) is 24.9 Å². The maximum absolute atomic E-state index is 5.42. The number of aryl methyl sites for hydroxylation is 2. The first-order chi connectivity index (χ1) is 10.1. The van der Waals surface area contributed by atoms with E-state index in [1.807, 2.05) is 50.7 Å². The van der Waals surface area contributed by atoms with Crippen molar-refractivity contribution in [2.24, 2.45) is 7.05 Å². The molecular weight excluding hydrogens is 266 g/mol. The summed E-state index contributed by atoms with van der Waals surface area (Å²) < 4.78 is 7.29. The van der Waals surface area contributed by atoms with E-state index in [1.54, 1.807) is 6.20 Å². The smallest absolute Gasteiger partial charge is 0.234 e. The fraction of sp³-hybridized carbons (Fsp3) is 0.333. The van der Waals surface area contributed by atoms with Gasteiger partial charge in [0.05, 0.1) is 11.6 Å². The molecule has 0 aromatic carbocycles. The van der Waals surface area contributed by atoms with Crippen LogP contribution in [0.25, 0.3) is 11.5 Å². The molecule has 0 radical (unpaired) electrons. The summed E-state index contributed by atoms with van der Waals surface area (Å²) in [4.78, 5) is 8.70. The summed E-state index contributed by atoms with van der Waals surface area (Å²) in [7, 11) is 1.94. The molecule has 108 valence electrons. The predicted molar refractivity (Wildman–Crippen MR) is 77.7 cm³/mol. The first kappa shape index (κ1) is 13.5. The highest BCUT2D eigenvalue weighted by Gasteiger charge is 2.23. The number of hydrogen-bond acceptors (Lipinski definition) is 5. The largest absolute Gasteiger partial charge is 0.338 e. The van der Waals surface area contributed by atoms with Gasteiger partial charge in [-0.3, -0.25) is 9.67 Å². The van der Waals surface area contributed by atoms with Crippen LogP contribution in [-0.2, 0) is 7.05 Å². The molecule has 3 rings (SSSR count). The van der Waals surface area contributed by atoms with Crippen molar-refractivity contribution < 1.29 is 4.52 Å². The normalized spacial score (nSPS) is 12.6. The van der Waals surface area contributed by atoms with Crippen LogP contribution in [0, 0.1) is 13.8 Å². The Bertz CT molecular complexity index is 760. The topological polar surface area (TPSA) is 69.6 Å². The highest BCUT2D eigenvalue weighted by molar-refractivity contribution is 5.47. The van der Waals surface area contributed by atoms with Crippen LogP contribution in [-0.4, -0.2) is 24.9 Å². The van der Waals surface area contributed by atoms with Crippen LogP contribution in [0.2, 0.25) is 0 Å². The van der Waals surface area contributed by atoms with E-state index in [0.29, 0.717) is 17.4 Å². The summed E-state index contributed by atoms with van der Waals surface area (Å²) in [6.07, 6.45) is 1.71. The maximum Gasteiger partial charge on any atom is 0.234 e. The zero-order valence-electron chi connectivity index (χ0n) is 12.5. The number of nitrogens with zero attached hydrogens (tertiary/aromatic N) is 5. The lowest BCUT2D eigenvalue weighted by molar-refractivity contribution is 0.370. The second kappa shape index (κ2) is 5.12. The SMILES string of the molecule is Cc1nn(C)c(C)c1[C@H](C)c1nc(-c2ccccn2)no1. The number of hydrogen-bond donors (Lipinski definition) is 0. The molecule has 0 aliphatic heterocycles. The van der Waals surface area contributed by atoms with Gasteiger partial charge in [0, 0.05) is 24.5 Å². The molecule has 0 bridgehead atoms. The molecule has 0 spiro atoms. The zero-order chi connectivity index (χ0) is 15.0. The summed E-state index contributed by atoms with van der Waals surface area (Å²) in [5, 5.41) is 8.46. The van der Waals surface area contributed by atoms with E-state index < -0.39 is 0 Å². The van der Waals surface area contributed by atoms with Crippen molar-refractivity contribution in [3.8, 4) is 11.5 Å². The van der Waals surface area contributed by atoms with E-state index in [-0.39, 0.29) is 5.92 Å². The monoisotopic (exact) mass is 283 g/mol. The Labute approximate surface area is 122 Å². The van der Waals surface area contributed by atoms with Crippen LogP contribution in [0.15, 0.2) is 28.9 Å². The molecule has 0 unspecified atom stereocenters. The van der Waals surface area contributed by atoms with Gasteiger partial charge in [-0.05, 0) is 32.9 Å². The zero-order valence-corrected chi connectivity index (χ0v) is 12.5. The Morgan fingerprint density at radius 2 is 2.05 bits per heavy atom. The Morgan fingerprint density at radius 3 is 2.67 bits per heavy atom.